The summed E-state index contributed by atoms with van der Waals surface area (Å²) in [5, 5.41) is 2.18. The molecule has 3 nitrogen and oxygen atoms in total. The van der Waals surface area contributed by atoms with Crippen molar-refractivity contribution in [2.45, 2.75) is 0 Å². The Morgan fingerprint density at radius 3 is 2.81 bits per heavy atom. The minimum absolute atomic E-state index is 0.716. The lowest BCUT2D eigenvalue weighted by molar-refractivity contribution is 0.589. The zero-order valence-corrected chi connectivity index (χ0v) is 8.31. The Morgan fingerprint density at radius 2 is 1.81 bits per heavy atom. The molecule has 0 spiro atoms. The third-order valence-corrected chi connectivity index (χ3v) is 2.84. The van der Waals surface area contributed by atoms with Crippen LogP contribution in [0.4, 0.5) is 0 Å². The maximum atomic E-state index is 5.79. The highest BCUT2D eigenvalue weighted by Gasteiger charge is 2.11. The van der Waals surface area contributed by atoms with Crippen molar-refractivity contribution < 1.29 is 8.83 Å². The third-order valence-electron chi connectivity index (χ3n) is 2.84. The molecule has 0 saturated carbocycles. The smallest absolute Gasteiger partial charge is 0.197 e. The summed E-state index contributed by atoms with van der Waals surface area (Å²) in [4.78, 5) is 4.11. The van der Waals surface area contributed by atoms with Gasteiger partial charge in [-0.25, -0.2) is 4.98 Å². The normalized spacial score (nSPS) is 11.8. The SMILES string of the molecule is c1ccc2c(c1)oc1c2ccc2ncoc21. The molecule has 4 aromatic rings. The Kier molecular flexibility index (Phi) is 1.31. The molecule has 0 aliphatic heterocycles. The first-order valence-corrected chi connectivity index (χ1v) is 5.07. The van der Waals surface area contributed by atoms with Crippen LogP contribution in [0.5, 0.6) is 0 Å². The fourth-order valence-electron chi connectivity index (χ4n) is 2.11. The van der Waals surface area contributed by atoms with E-state index in [9.17, 15) is 0 Å². The second kappa shape index (κ2) is 2.64. The number of oxazole rings is 1. The Morgan fingerprint density at radius 1 is 0.875 bits per heavy atom. The molecule has 0 amide bonds. The quantitative estimate of drug-likeness (QED) is 0.443. The lowest BCUT2D eigenvalue weighted by Crippen LogP contribution is -1.68. The summed E-state index contributed by atoms with van der Waals surface area (Å²) in [5.41, 5.74) is 3.19. The van der Waals surface area contributed by atoms with Crippen LogP contribution in [0, 0.1) is 0 Å². The monoisotopic (exact) mass is 209 g/mol. The van der Waals surface area contributed by atoms with Crippen LogP contribution >= 0.6 is 0 Å². The van der Waals surface area contributed by atoms with Crippen LogP contribution < -0.4 is 0 Å². The molecule has 2 aromatic carbocycles. The molecule has 0 aliphatic rings. The fourth-order valence-corrected chi connectivity index (χ4v) is 2.11. The first-order chi connectivity index (χ1) is 7.93. The second-order valence-electron chi connectivity index (χ2n) is 3.74. The Bertz CT molecular complexity index is 810. The molecule has 0 fully saturated rings. The summed E-state index contributed by atoms with van der Waals surface area (Å²) >= 11 is 0. The van der Waals surface area contributed by atoms with Gasteiger partial charge in [-0.2, -0.15) is 0 Å². The van der Waals surface area contributed by atoms with Crippen molar-refractivity contribution >= 4 is 33.0 Å². The average Bonchev–Trinajstić information content (AvgIpc) is 2.92. The van der Waals surface area contributed by atoms with E-state index in [4.69, 9.17) is 8.83 Å². The minimum atomic E-state index is 0.716. The van der Waals surface area contributed by atoms with E-state index >= 15 is 0 Å². The topological polar surface area (TPSA) is 39.2 Å². The van der Waals surface area contributed by atoms with Crippen molar-refractivity contribution in [3.8, 4) is 0 Å². The van der Waals surface area contributed by atoms with Crippen molar-refractivity contribution in [2.24, 2.45) is 0 Å². The molecule has 16 heavy (non-hydrogen) atoms. The van der Waals surface area contributed by atoms with Crippen molar-refractivity contribution in [3.63, 3.8) is 0 Å². The highest BCUT2D eigenvalue weighted by Crippen LogP contribution is 2.33. The van der Waals surface area contributed by atoms with Gasteiger partial charge in [-0.15, -0.1) is 0 Å². The predicted octanol–water partition coefficient (Wildman–Crippen LogP) is 3.73. The number of para-hydroxylation sites is 1. The van der Waals surface area contributed by atoms with Gasteiger partial charge in [-0.3, -0.25) is 0 Å². The molecule has 3 heteroatoms. The van der Waals surface area contributed by atoms with Crippen LogP contribution in [0.1, 0.15) is 0 Å². The number of rotatable bonds is 0. The first-order valence-electron chi connectivity index (χ1n) is 5.07. The van der Waals surface area contributed by atoms with E-state index in [1.165, 1.54) is 6.39 Å². The van der Waals surface area contributed by atoms with Gasteiger partial charge in [-0.1, -0.05) is 18.2 Å². The maximum absolute atomic E-state index is 5.79. The zero-order valence-electron chi connectivity index (χ0n) is 8.31. The highest BCUT2D eigenvalue weighted by molar-refractivity contribution is 6.12. The van der Waals surface area contributed by atoms with Gasteiger partial charge in [0.15, 0.2) is 17.6 Å². The van der Waals surface area contributed by atoms with E-state index in [2.05, 4.69) is 4.98 Å². The summed E-state index contributed by atoms with van der Waals surface area (Å²) in [5.74, 6) is 0. The largest absolute Gasteiger partial charge is 0.452 e. The van der Waals surface area contributed by atoms with E-state index in [0.29, 0.717) is 5.58 Å². The summed E-state index contributed by atoms with van der Waals surface area (Å²) < 4.78 is 11.1. The molecule has 0 N–H and O–H groups in total. The molecule has 0 radical (unpaired) electrons. The van der Waals surface area contributed by atoms with Crippen LogP contribution in [0.3, 0.4) is 0 Å². The summed E-state index contributed by atoms with van der Waals surface area (Å²) in [7, 11) is 0. The summed E-state index contributed by atoms with van der Waals surface area (Å²) in [6.45, 7) is 0. The molecule has 0 bridgehead atoms. The molecule has 0 unspecified atom stereocenters. The van der Waals surface area contributed by atoms with Crippen LogP contribution in [0.2, 0.25) is 0 Å². The fraction of sp³-hybridized carbons (Fsp3) is 0. The third kappa shape index (κ3) is 0.852. The lowest BCUT2D eigenvalue weighted by atomic mass is 10.1. The number of hydrogen-bond acceptors (Lipinski definition) is 3. The van der Waals surface area contributed by atoms with Gasteiger partial charge < -0.3 is 8.83 Å². The van der Waals surface area contributed by atoms with E-state index < -0.39 is 0 Å². The highest BCUT2D eigenvalue weighted by atomic mass is 16.4. The molecule has 0 saturated heterocycles. The van der Waals surface area contributed by atoms with Crippen LogP contribution in [-0.4, -0.2) is 4.98 Å². The van der Waals surface area contributed by atoms with Gasteiger partial charge in [0, 0.05) is 10.8 Å². The number of benzene rings is 2. The lowest BCUT2D eigenvalue weighted by Gasteiger charge is -1.88. The van der Waals surface area contributed by atoms with Crippen molar-refractivity contribution in [2.75, 3.05) is 0 Å². The minimum Gasteiger partial charge on any atom is -0.452 e. The van der Waals surface area contributed by atoms with Gasteiger partial charge >= 0.3 is 0 Å². The van der Waals surface area contributed by atoms with Gasteiger partial charge in [0.1, 0.15) is 11.1 Å². The van der Waals surface area contributed by atoms with Crippen LogP contribution in [-0.2, 0) is 0 Å². The maximum Gasteiger partial charge on any atom is 0.197 e. The Hall–Kier alpha value is -2.29. The zero-order chi connectivity index (χ0) is 10.5. The Balaban J connectivity index is 2.38. The van der Waals surface area contributed by atoms with E-state index in [1.54, 1.807) is 0 Å². The molecular weight excluding hydrogens is 202 g/mol. The standard InChI is InChI=1S/C13H7NO2/c1-2-4-11-8(3-1)9-5-6-10-13(12(9)16-11)15-7-14-10/h1-7H. The molecule has 2 heterocycles. The number of fused-ring (bicyclic) bond motifs is 5. The Labute approximate surface area is 90.3 Å². The number of hydrogen-bond donors (Lipinski definition) is 0. The van der Waals surface area contributed by atoms with Gasteiger partial charge in [0.2, 0.25) is 0 Å². The van der Waals surface area contributed by atoms with Crippen LogP contribution in [0.15, 0.2) is 51.6 Å². The number of nitrogens with zero attached hydrogens (tertiary/aromatic N) is 1. The van der Waals surface area contributed by atoms with E-state index in [0.717, 1.165) is 27.5 Å². The van der Waals surface area contributed by atoms with Crippen molar-refractivity contribution in [3.05, 3.63) is 42.8 Å². The van der Waals surface area contributed by atoms with E-state index in [1.807, 2.05) is 36.4 Å². The number of aromatic nitrogens is 1. The second-order valence-corrected chi connectivity index (χ2v) is 3.74. The predicted molar refractivity (Wildman–Crippen MR) is 61.3 cm³/mol. The first kappa shape index (κ1) is 7.93. The molecular formula is C13H7NO2. The van der Waals surface area contributed by atoms with E-state index in [-0.39, 0.29) is 0 Å². The molecule has 76 valence electrons. The van der Waals surface area contributed by atoms with Crippen molar-refractivity contribution in [1.29, 1.82) is 0 Å². The molecule has 0 aliphatic carbocycles. The van der Waals surface area contributed by atoms with Crippen molar-refractivity contribution in [1.82, 2.24) is 4.98 Å². The van der Waals surface area contributed by atoms with Gasteiger partial charge in [-0.05, 0) is 18.2 Å². The van der Waals surface area contributed by atoms with Crippen LogP contribution in [0.25, 0.3) is 33.0 Å². The molecule has 2 aromatic heterocycles. The molecule has 0 atom stereocenters. The number of furan rings is 1. The molecule has 4 rings (SSSR count). The summed E-state index contributed by atoms with van der Waals surface area (Å²) in [6.07, 6.45) is 1.44. The average molecular weight is 209 g/mol. The van der Waals surface area contributed by atoms with Gasteiger partial charge in [0.05, 0.1) is 0 Å². The van der Waals surface area contributed by atoms with Gasteiger partial charge in [0.25, 0.3) is 0 Å². The summed E-state index contributed by atoms with van der Waals surface area (Å²) in [6, 6.07) is 11.9.